The summed E-state index contributed by atoms with van der Waals surface area (Å²) >= 11 is 0. The van der Waals surface area contributed by atoms with Gasteiger partial charge in [-0.25, -0.2) is 0 Å². The number of unbranched alkanes of at least 4 members (excludes halogenated alkanes) is 1. The van der Waals surface area contributed by atoms with Crippen LogP contribution in [0.2, 0.25) is 0 Å². The Kier molecular flexibility index (Phi) is 7.80. The van der Waals surface area contributed by atoms with Gasteiger partial charge in [0, 0.05) is 38.6 Å². The molecule has 1 rings (SSSR count). The minimum absolute atomic E-state index is 0.0458. The second-order valence-electron chi connectivity index (χ2n) is 5.47. The molecule has 1 aromatic heterocycles. The zero-order valence-corrected chi connectivity index (χ0v) is 13.9. The highest BCUT2D eigenvalue weighted by Crippen LogP contribution is 2.15. The molecule has 0 atom stereocenters. The van der Waals surface area contributed by atoms with E-state index in [1.54, 1.807) is 6.20 Å². The Morgan fingerprint density at radius 3 is 2.33 bits per heavy atom. The van der Waals surface area contributed by atoms with Crippen LogP contribution in [0, 0.1) is 0 Å². The van der Waals surface area contributed by atoms with Crippen LogP contribution in [0.15, 0.2) is 18.3 Å². The van der Waals surface area contributed by atoms with Crippen LogP contribution in [-0.4, -0.2) is 42.5 Å². The molecule has 0 bridgehead atoms. The number of amides is 1. The van der Waals surface area contributed by atoms with Crippen molar-refractivity contribution in [2.24, 2.45) is 0 Å². The Hall–Kier alpha value is -1.58. The molecule has 0 N–H and O–H groups in total. The molecule has 1 aromatic rings. The fraction of sp³-hybridized carbons (Fsp3) is 0.647. The van der Waals surface area contributed by atoms with Crippen molar-refractivity contribution in [3.05, 3.63) is 24.0 Å². The summed E-state index contributed by atoms with van der Waals surface area (Å²) in [6, 6.07) is 3.88. The molecule has 4 nitrogen and oxygen atoms in total. The Morgan fingerprint density at radius 1 is 1.10 bits per heavy atom. The molecule has 0 aliphatic rings. The van der Waals surface area contributed by atoms with Gasteiger partial charge < -0.3 is 9.80 Å². The molecule has 1 amide bonds. The maximum absolute atomic E-state index is 12.6. The van der Waals surface area contributed by atoms with Crippen LogP contribution in [0.25, 0.3) is 0 Å². The van der Waals surface area contributed by atoms with Crippen LogP contribution in [0.5, 0.6) is 0 Å². The average Bonchev–Trinajstić information content (AvgIpc) is 2.51. The van der Waals surface area contributed by atoms with Crippen molar-refractivity contribution in [3.63, 3.8) is 0 Å². The van der Waals surface area contributed by atoms with Gasteiger partial charge in [-0.05, 0) is 31.4 Å². The van der Waals surface area contributed by atoms with Crippen molar-refractivity contribution in [2.75, 3.05) is 31.6 Å². The number of rotatable bonds is 9. The summed E-state index contributed by atoms with van der Waals surface area (Å²) in [5.41, 5.74) is 1.62. The topological polar surface area (TPSA) is 36.4 Å². The third kappa shape index (κ3) is 5.37. The minimum Gasteiger partial charge on any atom is -0.374 e. The maximum atomic E-state index is 12.6. The molecule has 1 heterocycles. The summed E-state index contributed by atoms with van der Waals surface area (Å²) in [6.45, 7) is 8.97. The minimum atomic E-state index is 0.0458. The van der Waals surface area contributed by atoms with Crippen LogP contribution < -0.4 is 4.90 Å². The molecule has 0 spiro atoms. The molecule has 4 heteroatoms. The summed E-state index contributed by atoms with van der Waals surface area (Å²) < 4.78 is 0. The second-order valence-corrected chi connectivity index (χ2v) is 5.47. The summed E-state index contributed by atoms with van der Waals surface area (Å²) in [7, 11) is 2.06. The molecular formula is C17H29N3O. The first kappa shape index (κ1) is 17.5. The van der Waals surface area contributed by atoms with E-state index < -0.39 is 0 Å². The first-order chi connectivity index (χ1) is 10.1. The molecular weight excluding hydrogens is 262 g/mol. The lowest BCUT2D eigenvalue weighted by atomic mass is 10.2. The van der Waals surface area contributed by atoms with E-state index in [0.717, 1.165) is 44.6 Å². The number of aromatic nitrogens is 1. The van der Waals surface area contributed by atoms with Crippen molar-refractivity contribution in [3.8, 4) is 0 Å². The summed E-state index contributed by atoms with van der Waals surface area (Å²) in [6.07, 6.45) is 6.01. The number of anilines is 1. The van der Waals surface area contributed by atoms with Crippen molar-refractivity contribution in [1.29, 1.82) is 0 Å². The Morgan fingerprint density at radius 2 is 1.76 bits per heavy atom. The number of nitrogens with zero attached hydrogens (tertiary/aromatic N) is 3. The quantitative estimate of drug-likeness (QED) is 0.698. The first-order valence-electron chi connectivity index (χ1n) is 8.10. The highest BCUT2D eigenvalue weighted by atomic mass is 16.2. The molecule has 0 aliphatic carbocycles. The van der Waals surface area contributed by atoms with E-state index in [2.05, 4.69) is 37.7 Å². The zero-order chi connectivity index (χ0) is 15.7. The van der Waals surface area contributed by atoms with Gasteiger partial charge in [0.05, 0.1) is 0 Å². The monoisotopic (exact) mass is 291 g/mol. The van der Waals surface area contributed by atoms with E-state index in [4.69, 9.17) is 0 Å². The smallest absolute Gasteiger partial charge is 0.272 e. The molecule has 0 aliphatic heterocycles. The van der Waals surface area contributed by atoms with E-state index in [9.17, 15) is 4.79 Å². The second kappa shape index (κ2) is 9.37. The van der Waals surface area contributed by atoms with Crippen LogP contribution in [0.3, 0.4) is 0 Å². The van der Waals surface area contributed by atoms with Gasteiger partial charge in [-0.1, -0.05) is 27.2 Å². The van der Waals surface area contributed by atoms with Gasteiger partial charge in [0.2, 0.25) is 0 Å². The largest absolute Gasteiger partial charge is 0.374 e. The standard InChI is InChI=1S/C17H29N3O/c1-5-8-13-19(4)15-9-10-18-16(14-15)17(21)20(11-6-2)12-7-3/h9-10,14H,5-8,11-13H2,1-4H3. The van der Waals surface area contributed by atoms with Crippen LogP contribution >= 0.6 is 0 Å². The Bertz CT molecular complexity index is 428. The van der Waals surface area contributed by atoms with Gasteiger partial charge in [0.25, 0.3) is 5.91 Å². The molecule has 118 valence electrons. The van der Waals surface area contributed by atoms with Crippen molar-refractivity contribution in [2.45, 2.75) is 46.5 Å². The molecule has 0 saturated carbocycles. The van der Waals surface area contributed by atoms with E-state index >= 15 is 0 Å². The van der Waals surface area contributed by atoms with Crippen LogP contribution in [0.4, 0.5) is 5.69 Å². The van der Waals surface area contributed by atoms with Crippen molar-refractivity contribution >= 4 is 11.6 Å². The number of pyridine rings is 1. The highest BCUT2D eigenvalue weighted by Gasteiger charge is 2.16. The lowest BCUT2D eigenvalue weighted by molar-refractivity contribution is 0.0749. The molecule has 0 aromatic carbocycles. The zero-order valence-electron chi connectivity index (χ0n) is 13.9. The first-order valence-corrected chi connectivity index (χ1v) is 8.10. The van der Waals surface area contributed by atoms with Crippen molar-refractivity contribution < 1.29 is 4.79 Å². The maximum Gasteiger partial charge on any atom is 0.272 e. The lowest BCUT2D eigenvalue weighted by Crippen LogP contribution is -2.33. The van der Waals surface area contributed by atoms with E-state index in [1.165, 1.54) is 6.42 Å². The van der Waals surface area contributed by atoms with E-state index in [0.29, 0.717) is 5.69 Å². The van der Waals surface area contributed by atoms with E-state index in [1.807, 2.05) is 17.0 Å². The predicted molar refractivity (Wildman–Crippen MR) is 88.9 cm³/mol. The van der Waals surface area contributed by atoms with Gasteiger partial charge in [-0.15, -0.1) is 0 Å². The van der Waals surface area contributed by atoms with Gasteiger partial charge in [-0.3, -0.25) is 9.78 Å². The number of hydrogen-bond donors (Lipinski definition) is 0. The summed E-state index contributed by atoms with van der Waals surface area (Å²) in [5.74, 6) is 0.0458. The van der Waals surface area contributed by atoms with Gasteiger partial charge in [0.1, 0.15) is 5.69 Å². The number of hydrogen-bond acceptors (Lipinski definition) is 3. The van der Waals surface area contributed by atoms with Crippen LogP contribution in [-0.2, 0) is 0 Å². The van der Waals surface area contributed by atoms with E-state index in [-0.39, 0.29) is 5.91 Å². The van der Waals surface area contributed by atoms with Gasteiger partial charge in [0.15, 0.2) is 0 Å². The third-order valence-corrected chi connectivity index (χ3v) is 3.52. The van der Waals surface area contributed by atoms with Gasteiger partial charge >= 0.3 is 0 Å². The molecule has 21 heavy (non-hydrogen) atoms. The molecule has 0 radical (unpaired) electrons. The molecule has 0 unspecified atom stereocenters. The summed E-state index contributed by atoms with van der Waals surface area (Å²) in [4.78, 5) is 20.9. The Labute approximate surface area is 129 Å². The predicted octanol–water partition coefficient (Wildman–Crippen LogP) is 3.58. The SMILES string of the molecule is CCCCN(C)c1ccnc(C(=O)N(CCC)CCC)c1. The fourth-order valence-electron chi connectivity index (χ4n) is 2.31. The normalized spacial score (nSPS) is 10.5. The average molecular weight is 291 g/mol. The number of carbonyl (C=O) groups is 1. The van der Waals surface area contributed by atoms with Gasteiger partial charge in [-0.2, -0.15) is 0 Å². The van der Waals surface area contributed by atoms with Crippen LogP contribution in [0.1, 0.15) is 56.9 Å². The molecule has 0 fully saturated rings. The highest BCUT2D eigenvalue weighted by molar-refractivity contribution is 5.93. The Balaban J connectivity index is 2.84. The third-order valence-electron chi connectivity index (χ3n) is 3.52. The lowest BCUT2D eigenvalue weighted by Gasteiger charge is -2.23. The summed E-state index contributed by atoms with van der Waals surface area (Å²) in [5, 5.41) is 0. The van der Waals surface area contributed by atoms with Crippen molar-refractivity contribution in [1.82, 2.24) is 9.88 Å². The molecule has 0 saturated heterocycles. The number of carbonyl (C=O) groups excluding carboxylic acids is 1. The fourth-order valence-corrected chi connectivity index (χ4v) is 2.31.